The normalized spacial score (nSPS) is 12.5. The third-order valence-corrected chi connectivity index (χ3v) is 9.28. The molecule has 3 nitrogen and oxygen atoms in total. The summed E-state index contributed by atoms with van der Waals surface area (Å²) in [4.78, 5) is 3.51. The molecule has 34 heavy (non-hydrogen) atoms. The quantitative estimate of drug-likeness (QED) is 0.206. The molecule has 3 aromatic carbocycles. The zero-order valence-corrected chi connectivity index (χ0v) is 25.9. The summed E-state index contributed by atoms with van der Waals surface area (Å²) in [5, 5.41) is 0. The van der Waals surface area contributed by atoms with Gasteiger partial charge in [-0.15, -0.1) is 0 Å². The molecule has 0 aromatic heterocycles. The van der Waals surface area contributed by atoms with Crippen molar-refractivity contribution in [1.29, 1.82) is 0 Å². The molecule has 0 atom stereocenters. The maximum Gasteiger partial charge on any atom is 0.242 e. The largest absolute Gasteiger partial charge is 0.541 e. The van der Waals surface area contributed by atoms with Crippen LogP contribution in [0.5, 0.6) is 17.2 Å². The molecular formula is C27H39O3SSi3+. The van der Waals surface area contributed by atoms with Crippen LogP contribution in [0.4, 0.5) is 0 Å². The highest BCUT2D eigenvalue weighted by molar-refractivity contribution is 7.97. The lowest BCUT2D eigenvalue weighted by Crippen LogP contribution is -2.31. The van der Waals surface area contributed by atoms with Gasteiger partial charge in [0, 0.05) is 0 Å². The van der Waals surface area contributed by atoms with Crippen LogP contribution in [0.25, 0.3) is 0 Å². The molecule has 0 amide bonds. The first-order valence-corrected chi connectivity index (χ1v) is 23.3. The predicted molar refractivity (Wildman–Crippen MR) is 153 cm³/mol. The summed E-state index contributed by atoms with van der Waals surface area (Å²) in [5.41, 5.74) is 0. The summed E-state index contributed by atoms with van der Waals surface area (Å²) in [6, 6.07) is 25.5. The zero-order valence-electron chi connectivity index (χ0n) is 22.1. The average Bonchev–Trinajstić information content (AvgIpc) is 2.68. The van der Waals surface area contributed by atoms with Crippen LogP contribution in [0, 0.1) is 0 Å². The Hall–Kier alpha value is -1.94. The van der Waals surface area contributed by atoms with Gasteiger partial charge in [0.15, 0.2) is 17.2 Å². The van der Waals surface area contributed by atoms with Gasteiger partial charge in [0.25, 0.3) is 0 Å². The molecule has 0 fully saturated rings. The predicted octanol–water partition coefficient (Wildman–Crippen LogP) is 8.42. The number of hydrogen-bond acceptors (Lipinski definition) is 3. The van der Waals surface area contributed by atoms with Crippen molar-refractivity contribution in [2.75, 3.05) is 0 Å². The van der Waals surface area contributed by atoms with Gasteiger partial charge in [-0.3, -0.25) is 0 Å². The van der Waals surface area contributed by atoms with Crippen molar-refractivity contribution in [2.24, 2.45) is 0 Å². The molecule has 0 saturated carbocycles. The van der Waals surface area contributed by atoms with Crippen LogP contribution < -0.4 is 13.3 Å². The lowest BCUT2D eigenvalue weighted by atomic mass is 10.3. The average molecular weight is 528 g/mol. The molecule has 0 aliphatic carbocycles. The number of benzene rings is 3. The van der Waals surface area contributed by atoms with Gasteiger partial charge in [-0.05, 0) is 95.3 Å². The van der Waals surface area contributed by atoms with Crippen LogP contribution in [-0.4, -0.2) is 25.0 Å². The van der Waals surface area contributed by atoms with Crippen molar-refractivity contribution in [1.82, 2.24) is 0 Å². The Labute approximate surface area is 212 Å². The fraction of sp³-hybridized carbons (Fsp3) is 0.333. The Morgan fingerprint density at radius 3 is 0.882 bits per heavy atom. The second kappa shape index (κ2) is 10.4. The van der Waals surface area contributed by atoms with Gasteiger partial charge in [0.2, 0.25) is 39.6 Å². The van der Waals surface area contributed by atoms with Crippen molar-refractivity contribution >= 4 is 35.8 Å². The summed E-state index contributed by atoms with van der Waals surface area (Å²) in [5.74, 6) is 2.86. The smallest absolute Gasteiger partial charge is 0.242 e. The van der Waals surface area contributed by atoms with Gasteiger partial charge in [0.1, 0.15) is 10.9 Å². The van der Waals surface area contributed by atoms with Crippen molar-refractivity contribution in [3.05, 3.63) is 72.8 Å². The molecule has 0 N–H and O–H groups in total. The molecule has 0 saturated heterocycles. The second-order valence-electron chi connectivity index (χ2n) is 11.3. The monoisotopic (exact) mass is 527 g/mol. The van der Waals surface area contributed by atoms with Gasteiger partial charge in [-0.2, -0.15) is 0 Å². The Kier molecular flexibility index (Phi) is 8.12. The highest BCUT2D eigenvalue weighted by atomic mass is 32.2. The van der Waals surface area contributed by atoms with E-state index in [4.69, 9.17) is 13.3 Å². The zero-order chi connectivity index (χ0) is 25.1. The lowest BCUT2D eigenvalue weighted by molar-refractivity contribution is 0.537. The maximum atomic E-state index is 6.62. The maximum absolute atomic E-state index is 6.62. The molecule has 182 valence electrons. The number of rotatable bonds is 9. The molecule has 0 aliphatic rings. The first-order chi connectivity index (χ1) is 15.7. The standard InChI is InChI=1S/C27H39O3SSi3/c1-32(2,3)28-22-16-10-13-19-25(22)31(26-20-14-11-17-23(26)29-33(4,5)6)27-21-15-12-18-24(27)30-34(7,8)9/h10-21H,1-9H3/q+1. The molecule has 7 heteroatoms. The van der Waals surface area contributed by atoms with E-state index >= 15 is 0 Å². The third-order valence-electron chi connectivity index (χ3n) is 4.46. The van der Waals surface area contributed by atoms with E-state index in [0.717, 1.165) is 17.2 Å². The van der Waals surface area contributed by atoms with E-state index < -0.39 is 35.8 Å². The SMILES string of the molecule is C[Si](C)(C)Oc1ccccc1[S+](c1ccccc1O[Si](C)(C)C)c1ccccc1O[Si](C)(C)C. The minimum atomic E-state index is -1.83. The Bertz CT molecular complexity index is 973. The molecular weight excluding hydrogens is 489 g/mol. The minimum absolute atomic E-state index is 0.462. The molecule has 0 spiro atoms. The molecule has 0 heterocycles. The molecule has 0 radical (unpaired) electrons. The molecule has 0 unspecified atom stereocenters. The van der Waals surface area contributed by atoms with E-state index in [1.807, 2.05) is 0 Å². The first-order valence-electron chi connectivity index (χ1n) is 11.8. The fourth-order valence-corrected chi connectivity index (χ4v) is 8.48. The van der Waals surface area contributed by atoms with Gasteiger partial charge in [-0.25, -0.2) is 0 Å². The molecule has 3 rings (SSSR count). The van der Waals surface area contributed by atoms with Crippen molar-refractivity contribution in [3.8, 4) is 17.2 Å². The van der Waals surface area contributed by atoms with E-state index in [2.05, 4.69) is 132 Å². The molecule has 3 aromatic rings. The van der Waals surface area contributed by atoms with E-state index in [0.29, 0.717) is 0 Å². The summed E-state index contributed by atoms with van der Waals surface area (Å²) < 4.78 is 19.9. The topological polar surface area (TPSA) is 27.7 Å². The fourth-order valence-electron chi connectivity index (χ4n) is 3.45. The summed E-state index contributed by atoms with van der Waals surface area (Å²) >= 11 is 0. The van der Waals surface area contributed by atoms with Crippen LogP contribution in [0.1, 0.15) is 0 Å². The van der Waals surface area contributed by atoms with Gasteiger partial charge >= 0.3 is 0 Å². The Morgan fingerprint density at radius 2 is 0.647 bits per heavy atom. The third kappa shape index (κ3) is 7.53. The van der Waals surface area contributed by atoms with Crippen molar-refractivity contribution in [2.45, 2.75) is 73.6 Å². The van der Waals surface area contributed by atoms with Crippen molar-refractivity contribution in [3.63, 3.8) is 0 Å². The molecule has 0 aliphatic heterocycles. The first kappa shape index (κ1) is 26.7. The van der Waals surface area contributed by atoms with E-state index in [9.17, 15) is 0 Å². The summed E-state index contributed by atoms with van der Waals surface area (Å²) in [6.45, 7) is 20.1. The second-order valence-corrected chi connectivity index (χ2v) is 26.5. The van der Waals surface area contributed by atoms with Gasteiger partial charge in [-0.1, -0.05) is 36.4 Å². The number of para-hydroxylation sites is 3. The molecule has 0 bridgehead atoms. The highest BCUT2D eigenvalue weighted by Gasteiger charge is 2.39. The Morgan fingerprint density at radius 1 is 0.412 bits per heavy atom. The lowest BCUT2D eigenvalue weighted by Gasteiger charge is -2.25. The van der Waals surface area contributed by atoms with Crippen LogP contribution in [0.15, 0.2) is 87.5 Å². The minimum Gasteiger partial charge on any atom is -0.541 e. The van der Waals surface area contributed by atoms with Crippen LogP contribution >= 0.6 is 0 Å². The van der Waals surface area contributed by atoms with Crippen LogP contribution in [0.3, 0.4) is 0 Å². The summed E-state index contributed by atoms with van der Waals surface area (Å²) in [7, 11) is -5.94. The van der Waals surface area contributed by atoms with Gasteiger partial charge in [0.05, 0.1) is 0 Å². The van der Waals surface area contributed by atoms with E-state index in [-0.39, 0.29) is 0 Å². The van der Waals surface area contributed by atoms with E-state index in [1.165, 1.54) is 14.7 Å². The van der Waals surface area contributed by atoms with Gasteiger partial charge < -0.3 is 13.3 Å². The summed E-state index contributed by atoms with van der Waals surface area (Å²) in [6.07, 6.45) is 0. The van der Waals surface area contributed by atoms with Crippen LogP contribution in [-0.2, 0) is 10.9 Å². The van der Waals surface area contributed by atoms with Crippen LogP contribution in [0.2, 0.25) is 58.9 Å². The van der Waals surface area contributed by atoms with Crippen molar-refractivity contribution < 1.29 is 13.3 Å². The van der Waals surface area contributed by atoms with E-state index in [1.54, 1.807) is 0 Å². The Balaban J connectivity index is 2.30. The number of hydrogen-bond donors (Lipinski definition) is 0. The highest BCUT2D eigenvalue weighted by Crippen LogP contribution is 2.44.